The molecule has 0 aliphatic carbocycles. The Balaban J connectivity index is 1.87. The van der Waals surface area contributed by atoms with Gasteiger partial charge in [0.05, 0.1) is 6.10 Å². The van der Waals surface area contributed by atoms with Crippen LogP contribution < -0.4 is 10.6 Å². The summed E-state index contributed by atoms with van der Waals surface area (Å²) in [5, 5.41) is 16.2. The third-order valence-electron chi connectivity index (χ3n) is 3.93. The number of carbonyl (C=O) groups is 1. The molecule has 1 fully saturated rings. The number of benzene rings is 1. The van der Waals surface area contributed by atoms with Crippen molar-refractivity contribution >= 4 is 5.91 Å². The third-order valence-corrected chi connectivity index (χ3v) is 3.93. The molecule has 0 unspecified atom stereocenters. The molecule has 2 atom stereocenters. The second-order valence-electron chi connectivity index (χ2n) is 6.32. The number of amides is 1. The van der Waals surface area contributed by atoms with Crippen molar-refractivity contribution in [2.45, 2.75) is 38.3 Å². The van der Waals surface area contributed by atoms with Crippen LogP contribution in [0.2, 0.25) is 0 Å². The van der Waals surface area contributed by atoms with Gasteiger partial charge in [0, 0.05) is 24.5 Å². The summed E-state index contributed by atoms with van der Waals surface area (Å²) < 4.78 is 13.1. The van der Waals surface area contributed by atoms with E-state index in [1.165, 1.54) is 12.1 Å². The zero-order valence-corrected chi connectivity index (χ0v) is 12.5. The summed E-state index contributed by atoms with van der Waals surface area (Å²) in [6.07, 6.45) is 0.808. The van der Waals surface area contributed by atoms with E-state index in [0.29, 0.717) is 18.5 Å². The molecule has 116 valence electrons. The minimum atomic E-state index is -0.766. The maximum Gasteiger partial charge on any atom is 0.223 e. The van der Waals surface area contributed by atoms with Gasteiger partial charge < -0.3 is 15.7 Å². The van der Waals surface area contributed by atoms with Crippen molar-refractivity contribution in [3.8, 4) is 0 Å². The summed E-state index contributed by atoms with van der Waals surface area (Å²) in [6, 6.07) is 5.98. The Bertz CT molecular complexity index is 505. The first-order valence-electron chi connectivity index (χ1n) is 7.34. The van der Waals surface area contributed by atoms with Gasteiger partial charge in [-0.25, -0.2) is 4.39 Å². The fraction of sp³-hybridized carbons (Fsp3) is 0.562. The SMILES string of the molecule is CC(C)(C[C@H]1CCNC1=O)NC[C@H](O)c1cccc(F)c1. The van der Waals surface area contributed by atoms with Crippen molar-refractivity contribution in [3.63, 3.8) is 0 Å². The lowest BCUT2D eigenvalue weighted by Crippen LogP contribution is -2.44. The van der Waals surface area contributed by atoms with Crippen LogP contribution in [-0.4, -0.2) is 29.6 Å². The molecular weight excluding hydrogens is 271 g/mol. The van der Waals surface area contributed by atoms with E-state index in [2.05, 4.69) is 10.6 Å². The lowest BCUT2D eigenvalue weighted by atomic mass is 9.89. The molecule has 0 aromatic heterocycles. The average molecular weight is 294 g/mol. The van der Waals surface area contributed by atoms with Crippen molar-refractivity contribution < 1.29 is 14.3 Å². The van der Waals surface area contributed by atoms with Gasteiger partial charge in [-0.1, -0.05) is 12.1 Å². The smallest absolute Gasteiger partial charge is 0.223 e. The van der Waals surface area contributed by atoms with Gasteiger partial charge in [0.1, 0.15) is 5.82 Å². The molecule has 1 aromatic rings. The van der Waals surface area contributed by atoms with Crippen LogP contribution in [0.15, 0.2) is 24.3 Å². The monoisotopic (exact) mass is 294 g/mol. The van der Waals surface area contributed by atoms with Crippen LogP contribution in [0.3, 0.4) is 0 Å². The highest BCUT2D eigenvalue weighted by Gasteiger charge is 2.31. The predicted molar refractivity (Wildman–Crippen MR) is 79.2 cm³/mol. The summed E-state index contributed by atoms with van der Waals surface area (Å²) in [6.45, 7) is 5.09. The Morgan fingerprint density at radius 2 is 2.29 bits per heavy atom. The highest BCUT2D eigenvalue weighted by Crippen LogP contribution is 2.23. The maximum atomic E-state index is 13.1. The summed E-state index contributed by atoms with van der Waals surface area (Å²) in [7, 11) is 0. The van der Waals surface area contributed by atoms with Gasteiger partial charge in [-0.2, -0.15) is 0 Å². The first-order valence-corrected chi connectivity index (χ1v) is 7.34. The fourth-order valence-corrected chi connectivity index (χ4v) is 2.73. The lowest BCUT2D eigenvalue weighted by Gasteiger charge is -2.29. The van der Waals surface area contributed by atoms with Gasteiger partial charge in [0.15, 0.2) is 0 Å². The lowest BCUT2D eigenvalue weighted by molar-refractivity contribution is -0.123. The second kappa shape index (κ2) is 6.54. The first kappa shape index (κ1) is 15.9. The molecular formula is C16H23FN2O2. The highest BCUT2D eigenvalue weighted by atomic mass is 19.1. The van der Waals surface area contributed by atoms with Crippen LogP contribution in [0, 0.1) is 11.7 Å². The largest absolute Gasteiger partial charge is 0.387 e. The number of hydrogen-bond donors (Lipinski definition) is 3. The minimum absolute atomic E-state index is 0.0267. The Kier molecular flexibility index (Phi) is 4.96. The van der Waals surface area contributed by atoms with Gasteiger partial charge in [-0.3, -0.25) is 4.79 Å². The minimum Gasteiger partial charge on any atom is -0.387 e. The van der Waals surface area contributed by atoms with Crippen molar-refractivity contribution in [2.24, 2.45) is 5.92 Å². The Hall–Kier alpha value is -1.46. The standard InChI is InChI=1S/C16H23FN2O2/c1-16(2,9-12-6-7-18-15(12)21)19-10-14(20)11-4-3-5-13(17)8-11/h3-5,8,12,14,19-20H,6-7,9-10H2,1-2H3,(H,18,21)/t12-,14+/m1/s1. The number of rotatable bonds is 6. The normalized spacial score (nSPS) is 20.4. The number of halogens is 1. The molecule has 1 saturated heterocycles. The number of aliphatic hydroxyl groups excluding tert-OH is 1. The second-order valence-corrected chi connectivity index (χ2v) is 6.32. The van der Waals surface area contributed by atoms with Gasteiger partial charge >= 0.3 is 0 Å². The average Bonchev–Trinajstić information content (AvgIpc) is 2.81. The molecule has 21 heavy (non-hydrogen) atoms. The number of nitrogens with one attached hydrogen (secondary N) is 2. The van der Waals surface area contributed by atoms with Crippen LogP contribution >= 0.6 is 0 Å². The molecule has 5 heteroatoms. The van der Waals surface area contributed by atoms with Crippen LogP contribution in [-0.2, 0) is 4.79 Å². The van der Waals surface area contributed by atoms with E-state index >= 15 is 0 Å². The molecule has 4 nitrogen and oxygen atoms in total. The fourth-order valence-electron chi connectivity index (χ4n) is 2.73. The van der Waals surface area contributed by atoms with E-state index in [9.17, 15) is 14.3 Å². The molecule has 2 rings (SSSR count). The molecule has 1 aromatic carbocycles. The van der Waals surface area contributed by atoms with E-state index < -0.39 is 6.10 Å². The predicted octanol–water partition coefficient (Wildman–Crippen LogP) is 1.75. The van der Waals surface area contributed by atoms with E-state index in [0.717, 1.165) is 13.0 Å². The van der Waals surface area contributed by atoms with Crippen molar-refractivity contribution in [2.75, 3.05) is 13.1 Å². The third kappa shape index (κ3) is 4.51. The molecule has 1 heterocycles. The van der Waals surface area contributed by atoms with E-state index in [1.54, 1.807) is 12.1 Å². The Morgan fingerprint density at radius 3 is 2.90 bits per heavy atom. The number of β-amino-alcohol motifs (C(OH)–C–C–N with tert-alkyl or cyclic N) is 1. The topological polar surface area (TPSA) is 61.4 Å². The first-order chi connectivity index (χ1) is 9.87. The number of hydrogen-bond acceptors (Lipinski definition) is 3. The van der Waals surface area contributed by atoms with Crippen LogP contribution in [0.1, 0.15) is 38.4 Å². The Morgan fingerprint density at radius 1 is 1.52 bits per heavy atom. The van der Waals surface area contributed by atoms with Gasteiger partial charge in [-0.15, -0.1) is 0 Å². The number of carbonyl (C=O) groups excluding carboxylic acids is 1. The van der Waals surface area contributed by atoms with Crippen molar-refractivity contribution in [1.29, 1.82) is 0 Å². The molecule has 1 aliphatic rings. The summed E-state index contributed by atoms with van der Waals surface area (Å²) in [5.74, 6) is -0.220. The van der Waals surface area contributed by atoms with Gasteiger partial charge in [-0.05, 0) is 44.4 Å². The van der Waals surface area contributed by atoms with Gasteiger partial charge in [0.2, 0.25) is 5.91 Å². The molecule has 1 amide bonds. The van der Waals surface area contributed by atoms with E-state index in [4.69, 9.17) is 0 Å². The summed E-state index contributed by atoms with van der Waals surface area (Å²) >= 11 is 0. The zero-order chi connectivity index (χ0) is 15.5. The molecule has 0 saturated carbocycles. The Labute approximate surface area is 124 Å². The summed E-state index contributed by atoms with van der Waals surface area (Å²) in [5.41, 5.74) is 0.289. The van der Waals surface area contributed by atoms with E-state index in [-0.39, 0.29) is 23.2 Å². The van der Waals surface area contributed by atoms with Gasteiger partial charge in [0.25, 0.3) is 0 Å². The summed E-state index contributed by atoms with van der Waals surface area (Å²) in [4.78, 5) is 11.6. The molecule has 0 radical (unpaired) electrons. The molecule has 3 N–H and O–H groups in total. The maximum absolute atomic E-state index is 13.1. The van der Waals surface area contributed by atoms with Crippen LogP contribution in [0.25, 0.3) is 0 Å². The quantitative estimate of drug-likeness (QED) is 0.749. The van der Waals surface area contributed by atoms with Crippen LogP contribution in [0.5, 0.6) is 0 Å². The van der Waals surface area contributed by atoms with Crippen molar-refractivity contribution in [3.05, 3.63) is 35.6 Å². The zero-order valence-electron chi connectivity index (χ0n) is 12.5. The van der Waals surface area contributed by atoms with E-state index in [1.807, 2.05) is 13.8 Å². The molecule has 1 aliphatic heterocycles. The van der Waals surface area contributed by atoms with Crippen molar-refractivity contribution in [1.82, 2.24) is 10.6 Å². The molecule has 0 bridgehead atoms. The van der Waals surface area contributed by atoms with Crippen LogP contribution in [0.4, 0.5) is 4.39 Å². The highest BCUT2D eigenvalue weighted by molar-refractivity contribution is 5.80. The number of aliphatic hydroxyl groups is 1. The molecule has 0 spiro atoms.